The van der Waals surface area contributed by atoms with Crippen molar-refractivity contribution in [1.82, 2.24) is 19.2 Å². The maximum Gasteiger partial charge on any atom is 0.263 e. The van der Waals surface area contributed by atoms with Crippen LogP contribution < -0.4 is 20.3 Å². The monoisotopic (exact) mass is 562 g/mol. The van der Waals surface area contributed by atoms with Gasteiger partial charge in [0, 0.05) is 24.5 Å². The highest BCUT2D eigenvalue weighted by Gasteiger charge is 2.35. The molecule has 0 spiro atoms. The molecule has 10 nitrogen and oxygen atoms in total. The summed E-state index contributed by atoms with van der Waals surface area (Å²) in [4.78, 5) is 31.3. The number of fused-ring (bicyclic) bond motifs is 1. The first-order valence-electron chi connectivity index (χ1n) is 12.5. The standard InChI is InChI=1S/C26H34N4O6S2/c1-16-10-17(2)13-30(12-16)38(33,34)24-18(3)37-25-23(24)26(32)29(15-28-25)14-22(31)27-9-8-19-6-7-20(35-4)21(11-19)36-5/h6-7,11,15-17H,8-10,12-14H2,1-5H3,(H,27,31)/t16-,17-/m0/s1. The van der Waals surface area contributed by atoms with Crippen molar-refractivity contribution in [3.8, 4) is 11.5 Å². The Balaban J connectivity index is 1.51. The Hall–Kier alpha value is -2.96. The number of hydrogen-bond donors (Lipinski definition) is 1. The van der Waals surface area contributed by atoms with Crippen LogP contribution in [-0.4, -0.2) is 62.0 Å². The van der Waals surface area contributed by atoms with Crippen LogP contribution in [0, 0.1) is 18.8 Å². The summed E-state index contributed by atoms with van der Waals surface area (Å²) in [6.07, 6.45) is 2.82. The van der Waals surface area contributed by atoms with E-state index in [4.69, 9.17) is 9.47 Å². The molecule has 1 aromatic carbocycles. The van der Waals surface area contributed by atoms with Gasteiger partial charge in [-0.25, -0.2) is 13.4 Å². The van der Waals surface area contributed by atoms with Crippen molar-refractivity contribution in [3.05, 3.63) is 45.3 Å². The van der Waals surface area contributed by atoms with Crippen LogP contribution in [0.4, 0.5) is 0 Å². The van der Waals surface area contributed by atoms with Crippen molar-refractivity contribution < 1.29 is 22.7 Å². The van der Waals surface area contributed by atoms with Crippen molar-refractivity contribution in [2.45, 2.75) is 45.1 Å². The number of sulfonamides is 1. The van der Waals surface area contributed by atoms with Gasteiger partial charge >= 0.3 is 0 Å². The van der Waals surface area contributed by atoms with E-state index >= 15 is 0 Å². The van der Waals surface area contributed by atoms with E-state index in [1.165, 1.54) is 26.5 Å². The first kappa shape index (κ1) is 28.1. The van der Waals surface area contributed by atoms with E-state index in [2.05, 4.69) is 10.3 Å². The van der Waals surface area contributed by atoms with E-state index in [9.17, 15) is 18.0 Å². The van der Waals surface area contributed by atoms with E-state index in [-0.39, 0.29) is 34.6 Å². The zero-order chi connectivity index (χ0) is 27.6. The fourth-order valence-electron chi connectivity index (χ4n) is 5.06. The molecule has 1 amide bonds. The number of carbonyl (C=O) groups excluding carboxylic acids is 1. The molecule has 1 fully saturated rings. The number of rotatable bonds is 9. The van der Waals surface area contributed by atoms with Crippen LogP contribution in [0.1, 0.15) is 30.7 Å². The largest absolute Gasteiger partial charge is 0.493 e. The molecule has 2 atom stereocenters. The molecule has 1 aliphatic heterocycles. The van der Waals surface area contributed by atoms with Gasteiger partial charge in [-0.15, -0.1) is 11.3 Å². The van der Waals surface area contributed by atoms with Gasteiger partial charge < -0.3 is 14.8 Å². The minimum atomic E-state index is -3.89. The lowest BCUT2D eigenvalue weighted by molar-refractivity contribution is -0.121. The Morgan fingerprint density at radius 3 is 2.50 bits per heavy atom. The average Bonchev–Trinajstić information content (AvgIpc) is 3.22. The van der Waals surface area contributed by atoms with Gasteiger partial charge in [0.05, 0.1) is 25.9 Å². The predicted octanol–water partition coefficient (Wildman–Crippen LogP) is 2.81. The topological polar surface area (TPSA) is 120 Å². The van der Waals surface area contributed by atoms with Crippen LogP contribution in [0.15, 0.2) is 34.2 Å². The number of aromatic nitrogens is 2. The maximum absolute atomic E-state index is 13.7. The highest BCUT2D eigenvalue weighted by Crippen LogP contribution is 2.35. The SMILES string of the molecule is COc1ccc(CCNC(=O)Cn2cnc3sc(C)c(S(=O)(=O)N4C[C@@H](C)C[C@H](C)C4)c3c2=O)cc1OC. The minimum Gasteiger partial charge on any atom is -0.493 e. The number of methoxy groups -OCH3 is 2. The van der Waals surface area contributed by atoms with Gasteiger partial charge in [-0.1, -0.05) is 19.9 Å². The molecule has 3 aromatic rings. The third-order valence-corrected chi connectivity index (χ3v) is 9.88. The van der Waals surface area contributed by atoms with Gasteiger partial charge in [0.15, 0.2) is 11.5 Å². The first-order valence-corrected chi connectivity index (χ1v) is 14.8. The minimum absolute atomic E-state index is 0.0134. The highest BCUT2D eigenvalue weighted by molar-refractivity contribution is 7.89. The number of aryl methyl sites for hydroxylation is 1. The van der Waals surface area contributed by atoms with Crippen molar-refractivity contribution in [1.29, 1.82) is 0 Å². The predicted molar refractivity (Wildman–Crippen MR) is 147 cm³/mol. The summed E-state index contributed by atoms with van der Waals surface area (Å²) in [5.41, 5.74) is 0.416. The summed E-state index contributed by atoms with van der Waals surface area (Å²) in [5.74, 6) is 1.32. The Morgan fingerprint density at radius 1 is 1.16 bits per heavy atom. The average molecular weight is 563 g/mol. The molecule has 3 heterocycles. The second-order valence-corrected chi connectivity index (χ2v) is 13.0. The van der Waals surface area contributed by atoms with Gasteiger partial charge in [0.25, 0.3) is 5.56 Å². The summed E-state index contributed by atoms with van der Waals surface area (Å²) in [5, 5.41) is 2.86. The summed E-state index contributed by atoms with van der Waals surface area (Å²) in [7, 11) is -0.768. The van der Waals surface area contributed by atoms with Crippen molar-refractivity contribution >= 4 is 37.5 Å². The molecular formula is C26H34N4O6S2. The number of nitrogens with zero attached hydrogens (tertiary/aromatic N) is 3. The third kappa shape index (κ3) is 5.71. The molecule has 0 aliphatic carbocycles. The Kier molecular flexibility index (Phi) is 8.43. The molecule has 12 heteroatoms. The Labute approximate surface area is 226 Å². The molecule has 1 saturated heterocycles. The molecule has 1 N–H and O–H groups in total. The van der Waals surface area contributed by atoms with Crippen LogP contribution >= 0.6 is 11.3 Å². The van der Waals surface area contributed by atoms with E-state index in [1.807, 2.05) is 26.0 Å². The lowest BCUT2D eigenvalue weighted by Crippen LogP contribution is -2.43. The normalized spacial score (nSPS) is 18.4. The number of carbonyl (C=O) groups is 1. The number of benzene rings is 1. The second-order valence-electron chi connectivity index (χ2n) is 9.90. The maximum atomic E-state index is 13.7. The quantitative estimate of drug-likeness (QED) is 0.426. The van der Waals surface area contributed by atoms with E-state index in [1.54, 1.807) is 27.2 Å². The Bertz CT molecular complexity index is 1490. The van der Waals surface area contributed by atoms with Crippen LogP contribution in [0.25, 0.3) is 10.2 Å². The molecule has 206 valence electrons. The molecule has 0 bridgehead atoms. The number of thiophene rings is 1. The van der Waals surface area contributed by atoms with Crippen LogP contribution in [-0.2, 0) is 27.8 Å². The van der Waals surface area contributed by atoms with Gasteiger partial charge in [-0.3, -0.25) is 14.2 Å². The van der Waals surface area contributed by atoms with Crippen LogP contribution in [0.2, 0.25) is 0 Å². The fourth-order valence-corrected chi connectivity index (χ4v) is 8.41. The highest BCUT2D eigenvalue weighted by atomic mass is 32.2. The number of hydrogen-bond acceptors (Lipinski definition) is 8. The van der Waals surface area contributed by atoms with Gasteiger partial charge in [0.2, 0.25) is 15.9 Å². The van der Waals surface area contributed by atoms with Crippen molar-refractivity contribution in [2.24, 2.45) is 11.8 Å². The van der Waals surface area contributed by atoms with Crippen molar-refractivity contribution in [3.63, 3.8) is 0 Å². The van der Waals surface area contributed by atoms with Gasteiger partial charge in [-0.05, 0) is 49.3 Å². The third-order valence-electron chi connectivity index (χ3n) is 6.73. The lowest BCUT2D eigenvalue weighted by atomic mass is 9.94. The number of amides is 1. The van der Waals surface area contributed by atoms with Crippen molar-refractivity contribution in [2.75, 3.05) is 33.9 Å². The van der Waals surface area contributed by atoms with E-state index < -0.39 is 15.6 Å². The molecule has 0 saturated carbocycles. The zero-order valence-corrected chi connectivity index (χ0v) is 23.9. The second kappa shape index (κ2) is 11.4. The number of piperidine rings is 1. The van der Waals surface area contributed by atoms with Crippen LogP contribution in [0.5, 0.6) is 11.5 Å². The first-order chi connectivity index (χ1) is 18.0. The summed E-state index contributed by atoms with van der Waals surface area (Å²) in [6.45, 7) is 6.69. The zero-order valence-electron chi connectivity index (χ0n) is 22.3. The molecule has 38 heavy (non-hydrogen) atoms. The summed E-state index contributed by atoms with van der Waals surface area (Å²) >= 11 is 1.18. The fraction of sp³-hybridized carbons (Fsp3) is 0.500. The summed E-state index contributed by atoms with van der Waals surface area (Å²) < 4.78 is 40.6. The van der Waals surface area contributed by atoms with Crippen LogP contribution in [0.3, 0.4) is 0 Å². The van der Waals surface area contributed by atoms with E-state index in [0.717, 1.165) is 12.0 Å². The molecule has 1 aliphatic rings. The number of ether oxygens (including phenoxy) is 2. The van der Waals surface area contributed by atoms with Gasteiger partial charge in [-0.2, -0.15) is 4.31 Å². The molecule has 4 rings (SSSR count). The smallest absolute Gasteiger partial charge is 0.263 e. The summed E-state index contributed by atoms with van der Waals surface area (Å²) in [6, 6.07) is 5.54. The Morgan fingerprint density at radius 2 is 1.84 bits per heavy atom. The molecule has 0 unspecified atom stereocenters. The lowest BCUT2D eigenvalue weighted by Gasteiger charge is -2.34. The van der Waals surface area contributed by atoms with Gasteiger partial charge in [0.1, 0.15) is 16.3 Å². The molecule has 2 aromatic heterocycles. The van der Waals surface area contributed by atoms with E-state index in [0.29, 0.717) is 47.3 Å². The number of nitrogens with one attached hydrogen (secondary N) is 1. The molecule has 0 radical (unpaired) electrons. The molecular weight excluding hydrogens is 528 g/mol.